The van der Waals surface area contributed by atoms with E-state index in [9.17, 15) is 14.4 Å². The Morgan fingerprint density at radius 1 is 0.415 bits per heavy atom. The van der Waals surface area contributed by atoms with E-state index in [0.717, 1.165) is 57.8 Å². The molecule has 2 atom stereocenters. The van der Waals surface area contributed by atoms with E-state index in [1.165, 1.54) is 77.0 Å². The summed E-state index contributed by atoms with van der Waals surface area (Å²) in [5.41, 5.74) is 0. The predicted molar refractivity (Wildman–Crippen MR) is 167 cm³/mol. The molecular formula is C35H64O6. The average Bonchev–Trinajstić information content (AvgIpc) is 3.42. The second-order valence-electron chi connectivity index (χ2n) is 12.2. The zero-order valence-electron chi connectivity index (χ0n) is 27.1. The van der Waals surface area contributed by atoms with Crippen molar-refractivity contribution in [1.82, 2.24) is 0 Å². The first-order valence-electron chi connectivity index (χ1n) is 17.6. The van der Waals surface area contributed by atoms with Crippen LogP contribution < -0.4 is 0 Å². The first kappa shape index (κ1) is 37.4. The standard InChI is InChI=1S/C35H64O6/c1-4-7-10-13-16-19-22-27-39-33(36)30-25-26-31(34(37)40-28-23-20-17-14-11-8-5-2)32(30)35(38)41-29-24-21-18-15-12-9-6-3/h30-32H,4-29H2,1-3H3. The number of hydrogen-bond acceptors (Lipinski definition) is 6. The number of unbranched alkanes of at least 4 members (excludes halogenated alkanes) is 18. The lowest BCUT2D eigenvalue weighted by molar-refractivity contribution is -0.165. The summed E-state index contributed by atoms with van der Waals surface area (Å²) in [5, 5.41) is 0. The summed E-state index contributed by atoms with van der Waals surface area (Å²) in [5.74, 6) is -3.23. The zero-order valence-corrected chi connectivity index (χ0v) is 27.1. The first-order valence-corrected chi connectivity index (χ1v) is 17.6. The third-order valence-corrected chi connectivity index (χ3v) is 8.51. The van der Waals surface area contributed by atoms with E-state index >= 15 is 0 Å². The summed E-state index contributed by atoms with van der Waals surface area (Å²) in [6, 6.07) is 0. The summed E-state index contributed by atoms with van der Waals surface area (Å²) in [6.45, 7) is 7.71. The maximum Gasteiger partial charge on any atom is 0.310 e. The van der Waals surface area contributed by atoms with Crippen LogP contribution >= 0.6 is 0 Å². The number of carbonyl (C=O) groups excluding carboxylic acids is 3. The van der Waals surface area contributed by atoms with Crippen LogP contribution in [0.15, 0.2) is 0 Å². The minimum absolute atomic E-state index is 0.336. The molecule has 1 fully saturated rings. The molecule has 1 rings (SSSR count). The molecule has 0 aromatic heterocycles. The fourth-order valence-electron chi connectivity index (χ4n) is 5.86. The maximum absolute atomic E-state index is 13.2. The summed E-state index contributed by atoms with van der Waals surface area (Å²) >= 11 is 0. The van der Waals surface area contributed by atoms with Crippen molar-refractivity contribution < 1.29 is 28.6 Å². The summed E-state index contributed by atoms with van der Waals surface area (Å²) in [4.78, 5) is 39.3. The van der Waals surface area contributed by atoms with Crippen molar-refractivity contribution in [2.75, 3.05) is 19.8 Å². The molecule has 6 heteroatoms. The van der Waals surface area contributed by atoms with Crippen molar-refractivity contribution in [3.63, 3.8) is 0 Å². The molecule has 0 amide bonds. The van der Waals surface area contributed by atoms with Crippen LogP contribution in [0.2, 0.25) is 0 Å². The minimum Gasteiger partial charge on any atom is -0.465 e. The monoisotopic (exact) mass is 580 g/mol. The van der Waals surface area contributed by atoms with Crippen molar-refractivity contribution in [3.05, 3.63) is 0 Å². The van der Waals surface area contributed by atoms with Gasteiger partial charge in [0.2, 0.25) is 0 Å². The lowest BCUT2D eigenvalue weighted by Crippen LogP contribution is -2.36. The second-order valence-corrected chi connectivity index (χ2v) is 12.2. The van der Waals surface area contributed by atoms with E-state index < -0.39 is 23.7 Å². The minimum atomic E-state index is -0.803. The molecular weight excluding hydrogens is 516 g/mol. The van der Waals surface area contributed by atoms with Crippen molar-refractivity contribution in [2.45, 2.75) is 168 Å². The van der Waals surface area contributed by atoms with Crippen LogP contribution in [-0.4, -0.2) is 37.7 Å². The Balaban J connectivity index is 2.54. The van der Waals surface area contributed by atoms with Gasteiger partial charge in [0.25, 0.3) is 0 Å². The molecule has 0 aromatic carbocycles. The molecule has 1 aliphatic rings. The summed E-state index contributed by atoms with van der Waals surface area (Å²) < 4.78 is 16.9. The van der Waals surface area contributed by atoms with E-state index in [1.807, 2.05) is 0 Å². The van der Waals surface area contributed by atoms with Crippen LogP contribution in [0.25, 0.3) is 0 Å². The van der Waals surface area contributed by atoms with Gasteiger partial charge in [0, 0.05) is 0 Å². The topological polar surface area (TPSA) is 78.9 Å². The molecule has 0 heterocycles. The number of rotatable bonds is 27. The highest BCUT2D eigenvalue weighted by atomic mass is 16.5. The first-order chi connectivity index (χ1) is 20.1. The highest BCUT2D eigenvalue weighted by molar-refractivity contribution is 5.88. The van der Waals surface area contributed by atoms with Gasteiger partial charge in [-0.25, -0.2) is 0 Å². The van der Waals surface area contributed by atoms with E-state index in [2.05, 4.69) is 20.8 Å². The molecule has 0 aliphatic heterocycles. The molecule has 240 valence electrons. The highest BCUT2D eigenvalue weighted by Gasteiger charge is 2.50. The van der Waals surface area contributed by atoms with Gasteiger partial charge < -0.3 is 14.2 Å². The maximum atomic E-state index is 13.2. The Kier molecular flexibility index (Phi) is 23.8. The third-order valence-electron chi connectivity index (χ3n) is 8.51. The summed E-state index contributed by atoms with van der Waals surface area (Å²) in [6.07, 6.45) is 24.9. The molecule has 0 aromatic rings. The van der Waals surface area contributed by atoms with Crippen LogP contribution in [0.3, 0.4) is 0 Å². The largest absolute Gasteiger partial charge is 0.465 e. The van der Waals surface area contributed by atoms with Gasteiger partial charge in [-0.15, -0.1) is 0 Å². The molecule has 0 bridgehead atoms. The van der Waals surface area contributed by atoms with Gasteiger partial charge in [0.05, 0.1) is 37.6 Å². The Bertz CT molecular complexity index is 623. The molecule has 0 spiro atoms. The van der Waals surface area contributed by atoms with Crippen LogP contribution in [0.1, 0.15) is 168 Å². The SMILES string of the molecule is CCCCCCCCCOC(=O)C1CCC(C(=O)OCCCCCCCCC)C1C(=O)OCCCCCCCCC. The molecule has 1 saturated carbocycles. The third kappa shape index (κ3) is 17.9. The molecule has 0 N–H and O–H groups in total. The van der Waals surface area contributed by atoms with Crippen molar-refractivity contribution >= 4 is 17.9 Å². The van der Waals surface area contributed by atoms with Crippen molar-refractivity contribution in [1.29, 1.82) is 0 Å². The number of hydrogen-bond donors (Lipinski definition) is 0. The highest BCUT2D eigenvalue weighted by Crippen LogP contribution is 2.40. The van der Waals surface area contributed by atoms with Gasteiger partial charge in [0.1, 0.15) is 0 Å². The van der Waals surface area contributed by atoms with Gasteiger partial charge >= 0.3 is 17.9 Å². The molecule has 6 nitrogen and oxygen atoms in total. The number of ether oxygens (including phenoxy) is 3. The number of esters is 3. The van der Waals surface area contributed by atoms with Crippen LogP contribution in [0.4, 0.5) is 0 Å². The van der Waals surface area contributed by atoms with E-state index in [1.54, 1.807) is 0 Å². The lowest BCUT2D eigenvalue weighted by Gasteiger charge is -2.22. The fourth-order valence-corrected chi connectivity index (χ4v) is 5.86. The van der Waals surface area contributed by atoms with Crippen molar-refractivity contribution in [3.8, 4) is 0 Å². The van der Waals surface area contributed by atoms with Gasteiger partial charge in [-0.1, -0.05) is 136 Å². The second kappa shape index (κ2) is 26.1. The van der Waals surface area contributed by atoms with Gasteiger partial charge in [-0.05, 0) is 32.1 Å². The van der Waals surface area contributed by atoms with Crippen LogP contribution in [-0.2, 0) is 28.6 Å². The Labute approximate surface area is 252 Å². The predicted octanol–water partition coefficient (Wildman–Crippen LogP) is 9.51. The lowest BCUT2D eigenvalue weighted by atomic mass is 9.89. The van der Waals surface area contributed by atoms with Crippen LogP contribution in [0.5, 0.6) is 0 Å². The molecule has 1 aliphatic carbocycles. The Morgan fingerprint density at radius 3 is 1.00 bits per heavy atom. The van der Waals surface area contributed by atoms with Gasteiger partial charge in [-0.3, -0.25) is 14.4 Å². The van der Waals surface area contributed by atoms with Crippen molar-refractivity contribution in [2.24, 2.45) is 17.8 Å². The Hall–Kier alpha value is -1.59. The molecule has 2 unspecified atom stereocenters. The van der Waals surface area contributed by atoms with Crippen LogP contribution in [0, 0.1) is 17.8 Å². The van der Waals surface area contributed by atoms with Gasteiger partial charge in [-0.2, -0.15) is 0 Å². The number of carbonyl (C=O) groups is 3. The summed E-state index contributed by atoms with van der Waals surface area (Å²) in [7, 11) is 0. The van der Waals surface area contributed by atoms with E-state index in [0.29, 0.717) is 32.7 Å². The Morgan fingerprint density at radius 2 is 0.683 bits per heavy atom. The average molecular weight is 581 g/mol. The fraction of sp³-hybridized carbons (Fsp3) is 0.914. The zero-order chi connectivity index (χ0) is 30.0. The van der Waals surface area contributed by atoms with E-state index in [-0.39, 0.29) is 11.9 Å². The van der Waals surface area contributed by atoms with E-state index in [4.69, 9.17) is 14.2 Å². The normalized spacial score (nSPS) is 18.4. The molecule has 0 saturated heterocycles. The quantitative estimate of drug-likeness (QED) is 0.0547. The molecule has 41 heavy (non-hydrogen) atoms. The smallest absolute Gasteiger partial charge is 0.310 e. The molecule has 0 radical (unpaired) electrons. The van der Waals surface area contributed by atoms with Gasteiger partial charge in [0.15, 0.2) is 0 Å².